The van der Waals surface area contributed by atoms with E-state index in [9.17, 15) is 33.7 Å². The summed E-state index contributed by atoms with van der Waals surface area (Å²) in [5.41, 5.74) is -1.08. The Balaban J connectivity index is 1.47. The number of nitrogens with zero attached hydrogens (tertiary/aromatic N) is 2. The molecule has 1 aromatic heterocycles. The second-order valence-corrected chi connectivity index (χ2v) is 12.8. The molecule has 21 heteroatoms. The lowest BCUT2D eigenvalue weighted by Gasteiger charge is -2.21. The van der Waals surface area contributed by atoms with Crippen molar-refractivity contribution in [2.45, 2.75) is 64.6 Å². The summed E-state index contributed by atoms with van der Waals surface area (Å²) < 4.78 is 50.6. The highest BCUT2D eigenvalue weighted by Crippen LogP contribution is 2.46. The Morgan fingerprint density at radius 3 is 2.50 bits per heavy atom. The number of oxime groups is 1. The number of phenolic OH excluding ortho intramolecular Hbond substituents is 1. The van der Waals surface area contributed by atoms with Crippen LogP contribution in [0.1, 0.15) is 44.0 Å². The second-order valence-electron chi connectivity index (χ2n) is 10.6. The monoisotopic (exact) mass is 739 g/mol. The van der Waals surface area contributed by atoms with E-state index in [0.717, 1.165) is 24.6 Å². The van der Waals surface area contributed by atoms with Gasteiger partial charge >= 0.3 is 25.5 Å². The van der Waals surface area contributed by atoms with Crippen LogP contribution < -0.4 is 16.0 Å². The topological polar surface area (TPSA) is 233 Å². The maximum absolute atomic E-state index is 12.9. The van der Waals surface area contributed by atoms with Gasteiger partial charge in [-0.25, -0.2) is 9.36 Å². The van der Waals surface area contributed by atoms with Gasteiger partial charge in [0.2, 0.25) is 12.6 Å². The number of H-pyrrole nitrogens is 1. The normalized spacial score (nSPS) is 25.1. The van der Waals surface area contributed by atoms with Gasteiger partial charge < -0.3 is 38.5 Å². The lowest BCUT2D eigenvalue weighted by Crippen LogP contribution is -2.33. The van der Waals surface area contributed by atoms with Gasteiger partial charge in [-0.05, 0) is 6.92 Å². The highest BCUT2D eigenvalue weighted by molar-refractivity contribution is 7.47. The number of aromatic nitrogens is 2. The number of nitrogens with one attached hydrogen (secondary N) is 1. The molecule has 2 fully saturated rings. The predicted octanol–water partition coefficient (Wildman–Crippen LogP) is 2.52. The molecule has 264 valence electrons. The Labute approximate surface area is 281 Å². The van der Waals surface area contributed by atoms with Gasteiger partial charge in [-0.3, -0.25) is 33.0 Å². The van der Waals surface area contributed by atoms with Crippen molar-refractivity contribution in [1.82, 2.24) is 9.55 Å². The zero-order valence-corrected chi connectivity index (χ0v) is 28.2. The van der Waals surface area contributed by atoms with Gasteiger partial charge in [0, 0.05) is 50.1 Å². The summed E-state index contributed by atoms with van der Waals surface area (Å²) in [6, 6.07) is 1.31. The summed E-state index contributed by atoms with van der Waals surface area (Å²) in [4.78, 5) is 65.5. The maximum Gasteiger partial charge on any atom is 0.472 e. The van der Waals surface area contributed by atoms with E-state index in [0.29, 0.717) is 0 Å². The number of rotatable bonds is 13. The molecule has 3 N–H and O–H groups in total. The van der Waals surface area contributed by atoms with Gasteiger partial charge in [-0.1, -0.05) is 28.4 Å². The molecule has 2 aliphatic rings. The van der Waals surface area contributed by atoms with Crippen LogP contribution in [0.5, 0.6) is 11.5 Å². The minimum absolute atomic E-state index is 0.00774. The Morgan fingerprint density at radius 1 is 1.15 bits per heavy atom. The van der Waals surface area contributed by atoms with Crippen molar-refractivity contribution < 1.29 is 61.7 Å². The summed E-state index contributed by atoms with van der Waals surface area (Å²) in [6.45, 7) is 2.66. The summed E-state index contributed by atoms with van der Waals surface area (Å²) in [6.07, 6.45) is -3.16. The first-order valence-corrected chi connectivity index (χ1v) is 16.4. The minimum Gasteiger partial charge on any atom is -0.503 e. The number of halogens is 2. The number of hydrogen-bond donors (Lipinski definition) is 3. The van der Waals surface area contributed by atoms with Crippen molar-refractivity contribution in [2.24, 2.45) is 11.1 Å². The predicted molar refractivity (Wildman–Crippen MR) is 164 cm³/mol. The van der Waals surface area contributed by atoms with Crippen molar-refractivity contribution in [3.8, 4) is 11.5 Å². The van der Waals surface area contributed by atoms with E-state index in [1.54, 1.807) is 0 Å². The number of phenols is 1. The van der Waals surface area contributed by atoms with Gasteiger partial charge in [0.05, 0.1) is 42.5 Å². The SMILES string of the molecule is COc1cc(Cl)c(/C=N/O[C@@H]2C[C@H](n3cc(C)c(=O)[nH]c3=O)O[C@@H]2COP(=O)(O)OC[C@@H]2CC(OC(C)=O)OC2OC(C)=O)c(Cl)c1O. The number of benzene rings is 1. The Morgan fingerprint density at radius 2 is 1.83 bits per heavy atom. The molecule has 2 saturated heterocycles. The number of aryl methyl sites for hydroxylation is 1. The van der Waals surface area contributed by atoms with Crippen LogP contribution in [0, 0.1) is 12.8 Å². The van der Waals surface area contributed by atoms with Gasteiger partial charge in [0.15, 0.2) is 17.6 Å². The van der Waals surface area contributed by atoms with Crippen molar-refractivity contribution >= 4 is 49.2 Å². The van der Waals surface area contributed by atoms with E-state index in [4.69, 9.17) is 60.8 Å². The average Bonchev–Trinajstić information content (AvgIpc) is 3.58. The van der Waals surface area contributed by atoms with Crippen LogP contribution in [-0.2, 0) is 47.0 Å². The van der Waals surface area contributed by atoms with E-state index in [1.165, 1.54) is 26.3 Å². The fourth-order valence-corrected chi connectivity index (χ4v) is 6.06. The van der Waals surface area contributed by atoms with Crippen LogP contribution in [0.4, 0.5) is 0 Å². The number of aromatic hydroxyl groups is 1. The third kappa shape index (κ3) is 9.35. The summed E-state index contributed by atoms with van der Waals surface area (Å²) in [5.74, 6) is -2.52. The standard InChI is InChI=1S/C27H32Cl2N3O15P/c1-12-9-32(27(37)31-25(12)36)21-7-18(47-30-8-16-17(28)6-19(40-4)24(35)23(16)29)20(45-21)11-42-48(38,39)41-10-15-5-22(43-13(2)33)46-26(15)44-14(3)34/h6,8-9,15,18,20-22,26,35H,5,7,10-11H2,1-4H3,(H,38,39)(H,31,36,37)/b30-8+/t15-,18+,20+,21+,22?,26?/m0/s1. The summed E-state index contributed by atoms with van der Waals surface area (Å²) >= 11 is 12.4. The number of esters is 2. The lowest BCUT2D eigenvalue weighted by atomic mass is 10.1. The molecule has 1 aromatic carbocycles. The first-order chi connectivity index (χ1) is 22.6. The van der Waals surface area contributed by atoms with Crippen LogP contribution in [-0.4, -0.2) is 82.8 Å². The minimum atomic E-state index is -4.82. The number of carbonyl (C=O) groups excluding carboxylic acids is 2. The highest BCUT2D eigenvalue weighted by Gasteiger charge is 2.43. The number of aromatic amines is 1. The molecule has 0 bridgehead atoms. The van der Waals surface area contributed by atoms with Crippen molar-refractivity contribution in [2.75, 3.05) is 20.3 Å². The number of methoxy groups -OCH3 is 1. The number of phosphoric acid groups is 1. The largest absolute Gasteiger partial charge is 0.503 e. The van der Waals surface area contributed by atoms with Crippen molar-refractivity contribution in [3.05, 3.63) is 54.3 Å². The fraction of sp³-hybridized carbons (Fsp3) is 0.519. The average molecular weight is 740 g/mol. The van der Waals surface area contributed by atoms with E-state index in [1.807, 2.05) is 0 Å². The van der Waals surface area contributed by atoms with E-state index in [-0.39, 0.29) is 39.8 Å². The first-order valence-electron chi connectivity index (χ1n) is 14.1. The number of carbonyl (C=O) groups is 2. The number of phosphoric ester groups is 1. The third-order valence-electron chi connectivity index (χ3n) is 7.03. The maximum atomic E-state index is 12.9. The van der Waals surface area contributed by atoms with Gasteiger partial charge in [0.25, 0.3) is 5.56 Å². The van der Waals surface area contributed by atoms with E-state index >= 15 is 0 Å². The molecule has 4 rings (SSSR count). The molecule has 3 heterocycles. The molecule has 2 aliphatic heterocycles. The molecule has 0 amide bonds. The van der Waals surface area contributed by atoms with Crippen LogP contribution in [0.2, 0.25) is 10.0 Å². The van der Waals surface area contributed by atoms with Crippen LogP contribution in [0.25, 0.3) is 0 Å². The molecule has 48 heavy (non-hydrogen) atoms. The smallest absolute Gasteiger partial charge is 0.472 e. The Hall–Kier alpha value is -3.48. The molecule has 0 spiro atoms. The third-order valence-corrected chi connectivity index (χ3v) is 8.67. The first kappa shape index (κ1) is 37.3. The van der Waals surface area contributed by atoms with E-state index < -0.39 is 86.9 Å². The van der Waals surface area contributed by atoms with Gasteiger partial charge in [0.1, 0.15) is 12.3 Å². The number of hydrogen-bond acceptors (Lipinski definition) is 15. The lowest BCUT2D eigenvalue weighted by molar-refractivity contribution is -0.212. The zero-order valence-electron chi connectivity index (χ0n) is 25.8. The fourth-order valence-electron chi connectivity index (χ4n) is 4.73. The quantitative estimate of drug-likeness (QED) is 0.116. The van der Waals surface area contributed by atoms with Crippen LogP contribution in [0.3, 0.4) is 0 Å². The van der Waals surface area contributed by atoms with Crippen LogP contribution in [0.15, 0.2) is 27.0 Å². The summed E-state index contributed by atoms with van der Waals surface area (Å²) in [5, 5.41) is 14.0. The molecule has 3 unspecified atom stereocenters. The number of ether oxygens (including phenoxy) is 5. The molecule has 7 atom stereocenters. The molecular weight excluding hydrogens is 708 g/mol. The van der Waals surface area contributed by atoms with Gasteiger partial charge in [-0.2, -0.15) is 0 Å². The van der Waals surface area contributed by atoms with E-state index in [2.05, 4.69) is 10.1 Å². The van der Waals surface area contributed by atoms with Crippen molar-refractivity contribution in [1.29, 1.82) is 0 Å². The Kier molecular flexibility index (Phi) is 12.3. The van der Waals surface area contributed by atoms with Gasteiger partial charge in [-0.15, -0.1) is 0 Å². The Bertz CT molecular complexity index is 1720. The second kappa shape index (κ2) is 15.8. The highest BCUT2D eigenvalue weighted by atomic mass is 35.5. The molecule has 2 aromatic rings. The summed E-state index contributed by atoms with van der Waals surface area (Å²) in [7, 11) is -3.50. The molecule has 0 saturated carbocycles. The molecule has 0 aliphatic carbocycles. The zero-order chi connectivity index (χ0) is 35.3. The van der Waals surface area contributed by atoms with Crippen LogP contribution >= 0.6 is 31.0 Å². The molecular formula is C27H32Cl2N3O15P. The van der Waals surface area contributed by atoms with Crippen molar-refractivity contribution in [3.63, 3.8) is 0 Å². The molecule has 0 radical (unpaired) electrons. The molecule has 18 nitrogen and oxygen atoms in total.